The van der Waals surface area contributed by atoms with Gasteiger partial charge in [0.15, 0.2) is 11.5 Å². The molecule has 3 unspecified atom stereocenters. The van der Waals surface area contributed by atoms with Gasteiger partial charge < -0.3 is 20.3 Å². The minimum atomic E-state index is -0.493. The number of benzene rings is 1. The quantitative estimate of drug-likeness (QED) is 0.750. The zero-order valence-corrected chi connectivity index (χ0v) is 15.4. The van der Waals surface area contributed by atoms with Crippen LogP contribution < -0.4 is 15.2 Å². The van der Waals surface area contributed by atoms with Crippen LogP contribution in [-0.4, -0.2) is 30.3 Å². The van der Waals surface area contributed by atoms with E-state index < -0.39 is 6.10 Å². The molecule has 0 bridgehead atoms. The molecule has 5 nitrogen and oxygen atoms in total. The van der Waals surface area contributed by atoms with E-state index in [1.54, 1.807) is 7.11 Å². The van der Waals surface area contributed by atoms with Crippen LogP contribution in [0, 0.1) is 5.92 Å². The molecule has 24 heavy (non-hydrogen) atoms. The highest BCUT2D eigenvalue weighted by atomic mass is 79.9. The number of hydrogen-bond acceptors (Lipinski definition) is 4. The highest BCUT2D eigenvalue weighted by Gasteiger charge is 2.40. The first-order valence-corrected chi connectivity index (χ1v) is 8.97. The Morgan fingerprint density at radius 1 is 1.54 bits per heavy atom. The molecule has 1 aromatic carbocycles. The zero-order valence-electron chi connectivity index (χ0n) is 13.8. The van der Waals surface area contributed by atoms with E-state index in [1.165, 1.54) is 0 Å². The monoisotopic (exact) mass is 395 g/mol. The maximum absolute atomic E-state index is 11.7. The number of aliphatic hydroxyl groups is 1. The lowest BCUT2D eigenvalue weighted by Crippen LogP contribution is -2.28. The summed E-state index contributed by atoms with van der Waals surface area (Å²) in [6.07, 6.45) is 4.98. The molecule has 4 atom stereocenters. The molecular formula is C18H22BrNO4. The zero-order chi connectivity index (χ0) is 17.4. The number of halogens is 1. The van der Waals surface area contributed by atoms with Crippen molar-refractivity contribution in [1.29, 1.82) is 0 Å². The van der Waals surface area contributed by atoms with Crippen molar-refractivity contribution in [3.05, 3.63) is 33.8 Å². The maximum Gasteiger partial charge on any atom is 0.220 e. The second kappa shape index (κ2) is 6.76. The fraction of sp³-hybridized carbons (Fsp3) is 0.500. The molecule has 0 saturated carbocycles. The van der Waals surface area contributed by atoms with Gasteiger partial charge in [-0.05, 0) is 24.5 Å². The van der Waals surface area contributed by atoms with Crippen LogP contribution in [0.3, 0.4) is 0 Å². The predicted octanol–water partition coefficient (Wildman–Crippen LogP) is 2.68. The molecule has 0 aromatic heterocycles. The molecule has 0 fully saturated rings. The van der Waals surface area contributed by atoms with Gasteiger partial charge in [0.2, 0.25) is 5.91 Å². The van der Waals surface area contributed by atoms with Crippen LogP contribution in [0.2, 0.25) is 0 Å². The number of amides is 1. The number of hydrogen-bond donors (Lipinski definition) is 2. The topological polar surface area (TPSA) is 81.8 Å². The van der Waals surface area contributed by atoms with Gasteiger partial charge in [0.1, 0.15) is 6.10 Å². The molecule has 2 aliphatic rings. The maximum atomic E-state index is 11.7. The molecule has 1 aliphatic carbocycles. The van der Waals surface area contributed by atoms with Crippen LogP contribution >= 0.6 is 15.9 Å². The Kier molecular flexibility index (Phi) is 4.88. The van der Waals surface area contributed by atoms with E-state index in [0.29, 0.717) is 30.8 Å². The van der Waals surface area contributed by atoms with Crippen molar-refractivity contribution in [2.45, 2.75) is 44.3 Å². The smallest absolute Gasteiger partial charge is 0.220 e. The van der Waals surface area contributed by atoms with Gasteiger partial charge in [-0.1, -0.05) is 35.0 Å². The number of fused-ring (bicyclic) bond motifs is 3. The van der Waals surface area contributed by atoms with Gasteiger partial charge in [0.05, 0.1) is 13.2 Å². The summed E-state index contributed by atoms with van der Waals surface area (Å²) >= 11 is 3.62. The van der Waals surface area contributed by atoms with E-state index in [-0.39, 0.29) is 23.8 Å². The lowest BCUT2D eigenvalue weighted by atomic mass is 9.82. The molecule has 0 saturated heterocycles. The van der Waals surface area contributed by atoms with Gasteiger partial charge in [0, 0.05) is 28.3 Å². The van der Waals surface area contributed by atoms with Crippen LogP contribution in [0.15, 0.2) is 22.7 Å². The summed E-state index contributed by atoms with van der Waals surface area (Å²) in [5.74, 6) is 0.902. The fourth-order valence-electron chi connectivity index (χ4n) is 3.58. The first kappa shape index (κ1) is 17.3. The number of primary amides is 1. The molecule has 1 aliphatic heterocycles. The fourth-order valence-corrected chi connectivity index (χ4v) is 4.17. The van der Waals surface area contributed by atoms with E-state index in [2.05, 4.69) is 15.9 Å². The van der Waals surface area contributed by atoms with Crippen molar-refractivity contribution in [2.75, 3.05) is 7.11 Å². The lowest BCUT2D eigenvalue weighted by molar-refractivity contribution is -0.121. The molecule has 6 heteroatoms. The first-order valence-electron chi connectivity index (χ1n) is 8.17. The Balaban J connectivity index is 2.09. The summed E-state index contributed by atoms with van der Waals surface area (Å²) in [5, 5.41) is 9.87. The van der Waals surface area contributed by atoms with Crippen LogP contribution in [0.5, 0.6) is 11.5 Å². The highest BCUT2D eigenvalue weighted by molar-refractivity contribution is 9.10. The molecule has 0 spiro atoms. The molecule has 1 amide bonds. The second-order valence-electron chi connectivity index (χ2n) is 6.36. The number of carbonyl (C=O) groups is 1. The van der Waals surface area contributed by atoms with Gasteiger partial charge in [-0.15, -0.1) is 0 Å². The molecule has 0 radical (unpaired) electrons. The highest BCUT2D eigenvalue weighted by Crippen LogP contribution is 2.51. The average molecular weight is 396 g/mol. The van der Waals surface area contributed by atoms with Gasteiger partial charge >= 0.3 is 0 Å². The normalized spacial score (nSPS) is 25.6. The van der Waals surface area contributed by atoms with E-state index in [9.17, 15) is 9.90 Å². The summed E-state index contributed by atoms with van der Waals surface area (Å²) in [6.45, 7) is 1.96. The van der Waals surface area contributed by atoms with E-state index in [0.717, 1.165) is 15.6 Å². The van der Waals surface area contributed by atoms with Crippen LogP contribution in [0.1, 0.15) is 36.8 Å². The third kappa shape index (κ3) is 2.93. The largest absolute Gasteiger partial charge is 0.493 e. The summed E-state index contributed by atoms with van der Waals surface area (Å²) < 4.78 is 12.5. The van der Waals surface area contributed by atoms with Crippen molar-refractivity contribution in [3.63, 3.8) is 0 Å². The molecule has 130 valence electrons. The molecule has 1 aromatic rings. The standard InChI is InChI=1S/C18H22BrNO4/c1-3-9(18(20)22)6-12-13(19)8-15(23-2)17-16(12)11-5-4-10(21)7-14(11)24-17/h4-5,8-11,14,21H,3,6-7H2,1-2H3,(H2,20,22)/t9?,10-,11?,14?/m0/s1. The van der Waals surface area contributed by atoms with Gasteiger partial charge in [0.25, 0.3) is 0 Å². The Morgan fingerprint density at radius 3 is 2.92 bits per heavy atom. The SMILES string of the molecule is CCC(Cc1c(Br)cc(OC)c2c1C1C=C[C@H](O)CC1O2)C(N)=O. The summed E-state index contributed by atoms with van der Waals surface area (Å²) in [7, 11) is 1.61. The first-order chi connectivity index (χ1) is 11.5. The average Bonchev–Trinajstić information content (AvgIpc) is 2.91. The van der Waals surface area contributed by atoms with Crippen molar-refractivity contribution in [2.24, 2.45) is 11.7 Å². The van der Waals surface area contributed by atoms with Crippen LogP contribution in [-0.2, 0) is 11.2 Å². The predicted molar refractivity (Wildman–Crippen MR) is 94.3 cm³/mol. The molecule has 1 heterocycles. The lowest BCUT2D eigenvalue weighted by Gasteiger charge is -2.24. The number of carbonyl (C=O) groups excluding carboxylic acids is 1. The Hall–Kier alpha value is -1.53. The van der Waals surface area contributed by atoms with Gasteiger partial charge in [-0.25, -0.2) is 0 Å². The molecule has 3 rings (SSSR count). The summed E-state index contributed by atoms with van der Waals surface area (Å²) in [5.41, 5.74) is 7.61. The Labute approximate surface area is 149 Å². The molecular weight excluding hydrogens is 374 g/mol. The third-order valence-corrected chi connectivity index (χ3v) is 5.63. The minimum absolute atomic E-state index is 0.0511. The van der Waals surface area contributed by atoms with Crippen LogP contribution in [0.25, 0.3) is 0 Å². The van der Waals surface area contributed by atoms with Gasteiger partial charge in [-0.3, -0.25) is 4.79 Å². The van der Waals surface area contributed by atoms with E-state index >= 15 is 0 Å². The Morgan fingerprint density at radius 2 is 2.29 bits per heavy atom. The van der Waals surface area contributed by atoms with E-state index in [1.807, 2.05) is 25.1 Å². The van der Waals surface area contributed by atoms with Crippen molar-refractivity contribution < 1.29 is 19.4 Å². The third-order valence-electron chi connectivity index (χ3n) is 4.92. The van der Waals surface area contributed by atoms with Crippen molar-refractivity contribution in [3.8, 4) is 11.5 Å². The Bertz CT molecular complexity index is 688. The minimum Gasteiger partial charge on any atom is -0.493 e. The number of aliphatic hydroxyl groups excluding tert-OH is 1. The number of methoxy groups -OCH3 is 1. The van der Waals surface area contributed by atoms with Crippen molar-refractivity contribution in [1.82, 2.24) is 0 Å². The number of ether oxygens (including phenoxy) is 2. The second-order valence-corrected chi connectivity index (χ2v) is 7.22. The molecule has 3 N–H and O–H groups in total. The number of nitrogens with two attached hydrogens (primary N) is 1. The van der Waals surface area contributed by atoms with Gasteiger partial charge in [-0.2, -0.15) is 0 Å². The van der Waals surface area contributed by atoms with E-state index in [4.69, 9.17) is 15.2 Å². The number of rotatable bonds is 5. The summed E-state index contributed by atoms with van der Waals surface area (Å²) in [4.78, 5) is 11.7. The van der Waals surface area contributed by atoms with Crippen LogP contribution in [0.4, 0.5) is 0 Å². The van der Waals surface area contributed by atoms with Crippen molar-refractivity contribution >= 4 is 21.8 Å². The summed E-state index contributed by atoms with van der Waals surface area (Å²) in [6, 6.07) is 1.87.